The van der Waals surface area contributed by atoms with Gasteiger partial charge in [0.05, 0.1) is 23.8 Å². The zero-order valence-electron chi connectivity index (χ0n) is 20.2. The number of carbonyl (C=O) groups is 3. The van der Waals surface area contributed by atoms with Crippen molar-refractivity contribution in [2.24, 2.45) is 0 Å². The number of amides is 3. The summed E-state index contributed by atoms with van der Waals surface area (Å²) in [6.45, 7) is 0.970. The molecule has 2 aliphatic heterocycles. The minimum atomic E-state index is -0.409. The van der Waals surface area contributed by atoms with Gasteiger partial charge in [-0.05, 0) is 73.1 Å². The molecule has 1 saturated heterocycles. The third kappa shape index (κ3) is 3.96. The van der Waals surface area contributed by atoms with Crippen LogP contribution in [-0.4, -0.2) is 35.2 Å². The van der Waals surface area contributed by atoms with Gasteiger partial charge in [-0.1, -0.05) is 48.5 Å². The van der Waals surface area contributed by atoms with Gasteiger partial charge in [0, 0.05) is 12.1 Å². The van der Waals surface area contributed by atoms with E-state index in [4.69, 9.17) is 0 Å². The average molecular weight is 480 g/mol. The van der Waals surface area contributed by atoms with E-state index in [2.05, 4.69) is 23.5 Å². The molecule has 0 unspecified atom stereocenters. The Bertz CT molecular complexity index is 1330. The van der Waals surface area contributed by atoms with Gasteiger partial charge in [-0.15, -0.1) is 0 Å². The number of hydrogen-bond donors (Lipinski definition) is 1. The lowest BCUT2D eigenvalue weighted by Gasteiger charge is -2.27. The Labute approximate surface area is 210 Å². The van der Waals surface area contributed by atoms with Crippen LogP contribution in [0, 0.1) is 0 Å². The first-order valence-electron chi connectivity index (χ1n) is 12.8. The second kappa shape index (κ2) is 9.26. The quantitative estimate of drug-likeness (QED) is 0.593. The fraction of sp³-hybridized carbons (Fsp3) is 0.300. The van der Waals surface area contributed by atoms with Gasteiger partial charge in [-0.3, -0.25) is 14.4 Å². The predicted molar refractivity (Wildman–Crippen MR) is 138 cm³/mol. The van der Waals surface area contributed by atoms with Crippen LogP contribution in [0.3, 0.4) is 0 Å². The molecule has 3 amide bonds. The SMILES string of the molecule is O=C(N[C@@H]1CCCc2ccccc21)c1ccc(CN2C(=O)[C@H]3CCCN3C(=O)c3ccccc32)cc1. The number of aryl methyl sites for hydroxylation is 1. The molecule has 3 aliphatic rings. The van der Waals surface area contributed by atoms with Crippen LogP contribution in [-0.2, 0) is 17.8 Å². The topological polar surface area (TPSA) is 69.7 Å². The zero-order valence-corrected chi connectivity index (χ0v) is 20.2. The summed E-state index contributed by atoms with van der Waals surface area (Å²) in [6.07, 6.45) is 4.59. The molecule has 0 aromatic heterocycles. The molecule has 6 heteroatoms. The van der Waals surface area contributed by atoms with Gasteiger partial charge in [0.25, 0.3) is 11.8 Å². The minimum absolute atomic E-state index is 0.0280. The number of benzene rings is 3. The van der Waals surface area contributed by atoms with E-state index in [1.54, 1.807) is 15.9 Å². The number of para-hydroxylation sites is 1. The molecule has 2 atom stereocenters. The Hall–Kier alpha value is -3.93. The van der Waals surface area contributed by atoms with Crippen LogP contribution in [0.2, 0.25) is 0 Å². The number of carbonyl (C=O) groups excluding carboxylic acids is 3. The summed E-state index contributed by atoms with van der Waals surface area (Å²) >= 11 is 0. The van der Waals surface area contributed by atoms with Crippen LogP contribution >= 0.6 is 0 Å². The second-order valence-corrected chi connectivity index (χ2v) is 9.91. The molecule has 1 fully saturated rings. The normalized spacial score (nSPS) is 20.9. The highest BCUT2D eigenvalue weighted by atomic mass is 16.2. The first kappa shape index (κ1) is 22.5. The molecule has 0 bridgehead atoms. The molecule has 0 radical (unpaired) electrons. The Morgan fingerprint density at radius 2 is 1.67 bits per heavy atom. The lowest BCUT2D eigenvalue weighted by molar-refractivity contribution is -0.122. The van der Waals surface area contributed by atoms with E-state index in [0.717, 1.165) is 31.2 Å². The van der Waals surface area contributed by atoms with Crippen molar-refractivity contribution in [3.63, 3.8) is 0 Å². The van der Waals surface area contributed by atoms with Crippen molar-refractivity contribution in [2.75, 3.05) is 11.4 Å². The van der Waals surface area contributed by atoms with Gasteiger partial charge in [-0.2, -0.15) is 0 Å². The summed E-state index contributed by atoms with van der Waals surface area (Å²) in [6, 6.07) is 22.7. The Morgan fingerprint density at radius 3 is 2.53 bits per heavy atom. The molecular weight excluding hydrogens is 450 g/mol. The summed E-state index contributed by atoms with van der Waals surface area (Å²) in [4.78, 5) is 43.1. The van der Waals surface area contributed by atoms with Crippen LogP contribution in [0.4, 0.5) is 5.69 Å². The van der Waals surface area contributed by atoms with Gasteiger partial charge in [-0.25, -0.2) is 0 Å². The van der Waals surface area contributed by atoms with Crippen molar-refractivity contribution in [2.45, 2.75) is 50.7 Å². The summed E-state index contributed by atoms with van der Waals surface area (Å²) in [5.41, 5.74) is 5.26. The Balaban J connectivity index is 1.21. The van der Waals surface area contributed by atoms with Gasteiger partial charge in [0.15, 0.2) is 0 Å². The van der Waals surface area contributed by atoms with Crippen molar-refractivity contribution in [3.05, 3.63) is 101 Å². The van der Waals surface area contributed by atoms with E-state index in [0.29, 0.717) is 36.3 Å². The molecule has 0 saturated carbocycles. The van der Waals surface area contributed by atoms with Crippen molar-refractivity contribution in [3.8, 4) is 0 Å². The first-order valence-corrected chi connectivity index (χ1v) is 12.8. The van der Waals surface area contributed by atoms with Crippen LogP contribution in [0.25, 0.3) is 0 Å². The zero-order chi connectivity index (χ0) is 24.6. The van der Waals surface area contributed by atoms with E-state index in [1.165, 1.54) is 11.1 Å². The Morgan fingerprint density at radius 1 is 0.889 bits per heavy atom. The maximum absolute atomic E-state index is 13.5. The third-order valence-corrected chi connectivity index (χ3v) is 7.72. The van der Waals surface area contributed by atoms with Crippen molar-refractivity contribution >= 4 is 23.4 Å². The lowest BCUT2D eigenvalue weighted by Crippen LogP contribution is -2.44. The molecular formula is C30H29N3O3. The van der Waals surface area contributed by atoms with Crippen LogP contribution < -0.4 is 10.2 Å². The molecule has 36 heavy (non-hydrogen) atoms. The van der Waals surface area contributed by atoms with Crippen molar-refractivity contribution in [1.82, 2.24) is 10.2 Å². The molecule has 1 N–H and O–H groups in total. The fourth-order valence-electron chi connectivity index (χ4n) is 5.86. The summed E-state index contributed by atoms with van der Waals surface area (Å²) in [7, 11) is 0. The molecule has 3 aromatic rings. The molecule has 182 valence electrons. The minimum Gasteiger partial charge on any atom is -0.345 e. The number of rotatable bonds is 4. The molecule has 0 spiro atoms. The average Bonchev–Trinajstić information content (AvgIpc) is 3.39. The van der Waals surface area contributed by atoms with Crippen molar-refractivity contribution in [1.29, 1.82) is 0 Å². The van der Waals surface area contributed by atoms with Crippen LogP contribution in [0.1, 0.15) is 69.1 Å². The lowest BCUT2D eigenvalue weighted by atomic mass is 9.87. The number of fused-ring (bicyclic) bond motifs is 3. The maximum Gasteiger partial charge on any atom is 0.256 e. The second-order valence-electron chi connectivity index (χ2n) is 9.91. The highest BCUT2D eigenvalue weighted by Crippen LogP contribution is 2.33. The fourth-order valence-corrected chi connectivity index (χ4v) is 5.86. The van der Waals surface area contributed by atoms with Gasteiger partial charge >= 0.3 is 0 Å². The number of nitrogens with zero attached hydrogens (tertiary/aromatic N) is 2. The van der Waals surface area contributed by atoms with E-state index < -0.39 is 6.04 Å². The van der Waals surface area contributed by atoms with E-state index in [9.17, 15) is 14.4 Å². The number of nitrogens with one attached hydrogen (secondary N) is 1. The van der Waals surface area contributed by atoms with E-state index in [1.807, 2.05) is 48.5 Å². The Kier molecular flexibility index (Phi) is 5.80. The van der Waals surface area contributed by atoms with Crippen molar-refractivity contribution < 1.29 is 14.4 Å². The van der Waals surface area contributed by atoms with Crippen LogP contribution in [0.15, 0.2) is 72.8 Å². The maximum atomic E-state index is 13.5. The molecule has 1 aliphatic carbocycles. The van der Waals surface area contributed by atoms with Gasteiger partial charge < -0.3 is 15.1 Å². The first-order chi connectivity index (χ1) is 17.6. The van der Waals surface area contributed by atoms with Crippen LogP contribution in [0.5, 0.6) is 0 Å². The largest absolute Gasteiger partial charge is 0.345 e. The highest BCUT2D eigenvalue weighted by Gasteiger charge is 2.41. The monoisotopic (exact) mass is 479 g/mol. The van der Waals surface area contributed by atoms with Gasteiger partial charge in [0.2, 0.25) is 5.91 Å². The molecule has 6 nitrogen and oxygen atoms in total. The molecule has 6 rings (SSSR count). The molecule has 3 aromatic carbocycles. The summed E-state index contributed by atoms with van der Waals surface area (Å²) in [5, 5.41) is 3.20. The predicted octanol–water partition coefficient (Wildman–Crippen LogP) is 4.65. The standard InChI is InChI=1S/C30H29N3O3/c34-28(31-25-11-5-8-21-7-1-2-9-23(21)25)22-16-14-20(15-17-22)19-33-26-12-4-3-10-24(26)29(35)32-18-6-13-27(32)30(33)36/h1-4,7,9-10,12,14-17,25,27H,5-6,8,11,13,18-19H2,(H,31,34)/t25-,27-/m1/s1. The molecule has 2 heterocycles. The number of anilines is 1. The highest BCUT2D eigenvalue weighted by molar-refractivity contribution is 6.11. The van der Waals surface area contributed by atoms with E-state index >= 15 is 0 Å². The van der Waals surface area contributed by atoms with Gasteiger partial charge in [0.1, 0.15) is 6.04 Å². The third-order valence-electron chi connectivity index (χ3n) is 7.72. The number of hydrogen-bond acceptors (Lipinski definition) is 3. The summed E-state index contributed by atoms with van der Waals surface area (Å²) in [5.74, 6) is -0.199. The smallest absolute Gasteiger partial charge is 0.256 e. The summed E-state index contributed by atoms with van der Waals surface area (Å²) < 4.78 is 0. The van der Waals surface area contributed by atoms with E-state index in [-0.39, 0.29) is 23.8 Å².